The highest BCUT2D eigenvalue weighted by molar-refractivity contribution is 7.26. The summed E-state index contributed by atoms with van der Waals surface area (Å²) in [4.78, 5) is 10.0. The minimum Gasteiger partial charge on any atom is -0.236 e. The smallest absolute Gasteiger partial charge is 0.159 e. The lowest BCUT2D eigenvalue weighted by Gasteiger charge is -2.11. The summed E-state index contributed by atoms with van der Waals surface area (Å²) in [6, 6.07) is 41.0. The molecule has 0 aliphatic carbocycles. The molecule has 0 aliphatic heterocycles. The molecular weight excluding hydrogens is 468 g/mol. The molecule has 0 N–H and O–H groups in total. The van der Waals surface area contributed by atoms with Crippen molar-refractivity contribution < 1.29 is 0 Å². The molecule has 0 unspecified atom stereocenters. The van der Waals surface area contributed by atoms with Crippen LogP contribution >= 0.6 is 11.3 Å². The highest BCUT2D eigenvalue weighted by Crippen LogP contribution is 2.40. The van der Waals surface area contributed by atoms with Crippen LogP contribution in [0.2, 0.25) is 0 Å². The quantitative estimate of drug-likeness (QED) is 0.226. The first-order valence-electron chi connectivity index (χ1n) is 12.4. The molecule has 6 aromatic carbocycles. The minimum absolute atomic E-state index is 0.748. The van der Waals surface area contributed by atoms with E-state index in [1.165, 1.54) is 47.5 Å². The van der Waals surface area contributed by atoms with Gasteiger partial charge in [-0.3, -0.25) is 0 Å². The Morgan fingerprint density at radius 1 is 0.486 bits per heavy atom. The van der Waals surface area contributed by atoms with Crippen molar-refractivity contribution in [1.82, 2.24) is 9.97 Å². The van der Waals surface area contributed by atoms with Gasteiger partial charge in [-0.1, -0.05) is 103 Å². The van der Waals surface area contributed by atoms with Crippen molar-refractivity contribution in [2.75, 3.05) is 0 Å². The maximum Gasteiger partial charge on any atom is 0.159 e. The number of thiophene rings is 1. The van der Waals surface area contributed by atoms with Crippen LogP contribution in [0.15, 0.2) is 121 Å². The van der Waals surface area contributed by atoms with Gasteiger partial charge in [0, 0.05) is 42.7 Å². The zero-order valence-corrected chi connectivity index (χ0v) is 20.7. The highest BCUT2D eigenvalue weighted by Gasteiger charge is 2.14. The number of benzene rings is 6. The van der Waals surface area contributed by atoms with Gasteiger partial charge in [0.05, 0.1) is 5.52 Å². The van der Waals surface area contributed by atoms with E-state index < -0.39 is 0 Å². The number of rotatable bonds is 2. The van der Waals surface area contributed by atoms with E-state index in [0.29, 0.717) is 0 Å². The molecule has 0 amide bonds. The van der Waals surface area contributed by atoms with Crippen LogP contribution in [-0.2, 0) is 0 Å². The van der Waals surface area contributed by atoms with Crippen LogP contribution < -0.4 is 0 Å². The number of fused-ring (bicyclic) bond motifs is 9. The van der Waals surface area contributed by atoms with Gasteiger partial charge in [0.25, 0.3) is 0 Å². The summed E-state index contributed by atoms with van der Waals surface area (Å²) in [5.41, 5.74) is 4.45. The summed E-state index contributed by atoms with van der Waals surface area (Å²) in [5, 5.41) is 8.52. The normalized spacial score (nSPS) is 11.8. The molecule has 0 radical (unpaired) electrons. The molecule has 0 aliphatic rings. The third-order valence-electron chi connectivity index (χ3n) is 7.31. The Labute approximate surface area is 217 Å². The highest BCUT2D eigenvalue weighted by atomic mass is 32.1. The summed E-state index contributed by atoms with van der Waals surface area (Å²) in [6.07, 6.45) is 1.99. The van der Waals surface area contributed by atoms with Crippen molar-refractivity contribution in [2.45, 2.75) is 0 Å². The van der Waals surface area contributed by atoms with Crippen molar-refractivity contribution in [3.8, 4) is 22.5 Å². The molecule has 2 aromatic heterocycles. The SMILES string of the molecule is c1cc(-c2ncc3c4ccccc4c4ccccc4c3n2)cc(-c2cccc3c2sc2ccccc23)c1. The number of hydrogen-bond donors (Lipinski definition) is 0. The fraction of sp³-hybridized carbons (Fsp3) is 0. The van der Waals surface area contributed by atoms with Gasteiger partial charge in [-0.2, -0.15) is 0 Å². The number of hydrogen-bond acceptors (Lipinski definition) is 3. The van der Waals surface area contributed by atoms with E-state index in [2.05, 4.69) is 115 Å². The van der Waals surface area contributed by atoms with Gasteiger partial charge >= 0.3 is 0 Å². The van der Waals surface area contributed by atoms with Crippen LogP contribution in [0.25, 0.3) is 75.1 Å². The fourth-order valence-corrected chi connectivity index (χ4v) is 6.84. The summed E-state index contributed by atoms with van der Waals surface area (Å²) in [5.74, 6) is 0.748. The molecule has 0 saturated carbocycles. The molecule has 0 atom stereocenters. The lowest BCUT2D eigenvalue weighted by atomic mass is 9.97. The topological polar surface area (TPSA) is 25.8 Å². The molecule has 8 aromatic rings. The lowest BCUT2D eigenvalue weighted by molar-refractivity contribution is 1.23. The Kier molecular flexibility index (Phi) is 4.42. The Hall–Kier alpha value is -4.60. The summed E-state index contributed by atoms with van der Waals surface area (Å²) < 4.78 is 2.64. The second-order valence-corrected chi connectivity index (χ2v) is 10.5. The van der Waals surface area contributed by atoms with Gasteiger partial charge in [0.2, 0.25) is 0 Å². The molecule has 37 heavy (non-hydrogen) atoms. The molecule has 0 spiro atoms. The number of aromatic nitrogens is 2. The van der Waals surface area contributed by atoms with Gasteiger partial charge in [0.15, 0.2) is 5.82 Å². The molecule has 8 rings (SSSR count). The van der Waals surface area contributed by atoms with Gasteiger partial charge < -0.3 is 0 Å². The molecular formula is C34H20N2S. The average molecular weight is 489 g/mol. The average Bonchev–Trinajstić information content (AvgIpc) is 3.36. The van der Waals surface area contributed by atoms with Crippen LogP contribution in [0.1, 0.15) is 0 Å². The summed E-state index contributed by atoms with van der Waals surface area (Å²) in [7, 11) is 0. The number of nitrogens with zero attached hydrogens (tertiary/aromatic N) is 2. The van der Waals surface area contributed by atoms with E-state index in [1.807, 2.05) is 17.5 Å². The summed E-state index contributed by atoms with van der Waals surface area (Å²) >= 11 is 1.86. The van der Waals surface area contributed by atoms with E-state index in [-0.39, 0.29) is 0 Å². The first kappa shape index (κ1) is 20.6. The van der Waals surface area contributed by atoms with Crippen molar-refractivity contribution in [1.29, 1.82) is 0 Å². The molecule has 172 valence electrons. The molecule has 0 bridgehead atoms. The molecule has 3 heteroatoms. The second kappa shape index (κ2) is 7.95. The minimum atomic E-state index is 0.748. The van der Waals surface area contributed by atoms with E-state index in [9.17, 15) is 0 Å². The Morgan fingerprint density at radius 3 is 1.95 bits per heavy atom. The molecule has 0 saturated heterocycles. The Morgan fingerprint density at radius 2 is 1.11 bits per heavy atom. The predicted octanol–water partition coefficient (Wildman–Crippen LogP) is 9.64. The Bertz CT molecular complexity index is 2120. The van der Waals surface area contributed by atoms with Gasteiger partial charge in [-0.05, 0) is 39.4 Å². The van der Waals surface area contributed by atoms with Gasteiger partial charge in [-0.25, -0.2) is 9.97 Å². The van der Waals surface area contributed by atoms with Crippen LogP contribution in [0, 0.1) is 0 Å². The largest absolute Gasteiger partial charge is 0.236 e. The van der Waals surface area contributed by atoms with Gasteiger partial charge in [0.1, 0.15) is 0 Å². The molecule has 2 nitrogen and oxygen atoms in total. The molecule has 0 fully saturated rings. The maximum absolute atomic E-state index is 5.15. The van der Waals surface area contributed by atoms with Gasteiger partial charge in [-0.15, -0.1) is 11.3 Å². The van der Waals surface area contributed by atoms with E-state index in [0.717, 1.165) is 27.7 Å². The maximum atomic E-state index is 5.15. The van der Waals surface area contributed by atoms with E-state index in [4.69, 9.17) is 9.97 Å². The zero-order chi connectivity index (χ0) is 24.3. The van der Waals surface area contributed by atoms with Crippen molar-refractivity contribution in [3.05, 3.63) is 121 Å². The first-order valence-corrected chi connectivity index (χ1v) is 13.2. The summed E-state index contributed by atoms with van der Waals surface area (Å²) in [6.45, 7) is 0. The van der Waals surface area contributed by atoms with Crippen molar-refractivity contribution >= 4 is 64.0 Å². The lowest BCUT2D eigenvalue weighted by Crippen LogP contribution is -1.93. The van der Waals surface area contributed by atoms with Crippen molar-refractivity contribution in [2.24, 2.45) is 0 Å². The van der Waals surface area contributed by atoms with E-state index >= 15 is 0 Å². The Balaban J connectivity index is 1.34. The second-order valence-electron chi connectivity index (χ2n) is 9.41. The standard InChI is InChI=1S/C34H20N2S/c1-2-13-26-24(11-1)25-12-3-4-15-28(25)32-30(26)20-35-34(36-32)22-10-7-9-21(19-22)23-16-8-17-29-27-14-5-6-18-31(27)37-33(23)29/h1-20H. The van der Waals surface area contributed by atoms with Crippen molar-refractivity contribution in [3.63, 3.8) is 0 Å². The molecule has 2 heterocycles. The first-order chi connectivity index (χ1) is 18.3. The predicted molar refractivity (Wildman–Crippen MR) is 158 cm³/mol. The zero-order valence-electron chi connectivity index (χ0n) is 19.8. The van der Waals surface area contributed by atoms with E-state index in [1.54, 1.807) is 0 Å². The van der Waals surface area contributed by atoms with Crippen LogP contribution in [0.4, 0.5) is 0 Å². The van der Waals surface area contributed by atoms with Crippen LogP contribution in [0.5, 0.6) is 0 Å². The monoisotopic (exact) mass is 488 g/mol. The third-order valence-corrected chi connectivity index (χ3v) is 8.53. The fourth-order valence-electron chi connectivity index (χ4n) is 5.60. The third kappa shape index (κ3) is 3.11. The van der Waals surface area contributed by atoms with Crippen LogP contribution in [0.3, 0.4) is 0 Å². The van der Waals surface area contributed by atoms with Crippen LogP contribution in [-0.4, -0.2) is 9.97 Å².